The van der Waals surface area contributed by atoms with Gasteiger partial charge in [-0.3, -0.25) is 4.79 Å². The Morgan fingerprint density at radius 3 is 2.86 bits per heavy atom. The highest BCUT2D eigenvalue weighted by Gasteiger charge is 2.24. The summed E-state index contributed by atoms with van der Waals surface area (Å²) in [4.78, 5) is 19.5. The molecule has 0 fully saturated rings. The number of hydrogen-bond acceptors (Lipinski definition) is 3. The number of rotatable bonds is 3. The van der Waals surface area contributed by atoms with Crippen LogP contribution in [0.4, 0.5) is 14.5 Å². The van der Waals surface area contributed by atoms with Gasteiger partial charge < -0.3 is 10.3 Å². The van der Waals surface area contributed by atoms with Gasteiger partial charge in [-0.15, -0.1) is 0 Å². The van der Waals surface area contributed by atoms with Crippen LogP contribution in [0.1, 0.15) is 15.9 Å². The monoisotopic (exact) mass is 365 g/mol. The maximum absolute atomic E-state index is 14.3. The Labute approximate surface area is 132 Å². The van der Waals surface area contributed by atoms with Crippen LogP contribution in [0.2, 0.25) is 0 Å². The highest BCUT2D eigenvalue weighted by Crippen LogP contribution is 2.27. The van der Waals surface area contributed by atoms with Crippen LogP contribution in [0, 0.1) is 11.6 Å². The zero-order valence-corrected chi connectivity index (χ0v) is 13.0. The summed E-state index contributed by atoms with van der Waals surface area (Å²) in [5.74, 6) is -2.55. The number of nitrogens with one attached hydrogen (secondary N) is 2. The number of halogens is 3. The second-order valence-electron chi connectivity index (χ2n) is 4.62. The lowest BCUT2D eigenvalue weighted by molar-refractivity contribution is 0.103. The SMILES string of the molecule is CNc1ccc(F)c(C(=O)c2c[nH]c3ncc(Br)cc23)c1F. The van der Waals surface area contributed by atoms with Crippen molar-refractivity contribution in [2.45, 2.75) is 0 Å². The van der Waals surface area contributed by atoms with Crippen LogP contribution in [-0.2, 0) is 0 Å². The third-order valence-corrected chi connectivity index (χ3v) is 3.76. The van der Waals surface area contributed by atoms with E-state index in [1.165, 1.54) is 19.3 Å². The average Bonchev–Trinajstić information content (AvgIpc) is 2.90. The zero-order chi connectivity index (χ0) is 15.9. The molecule has 0 bridgehead atoms. The van der Waals surface area contributed by atoms with Crippen molar-refractivity contribution in [3.05, 3.63) is 57.8 Å². The molecular weight excluding hydrogens is 356 g/mol. The van der Waals surface area contributed by atoms with Gasteiger partial charge in [0.2, 0.25) is 5.78 Å². The van der Waals surface area contributed by atoms with Crippen molar-refractivity contribution in [1.82, 2.24) is 9.97 Å². The quantitative estimate of drug-likeness (QED) is 0.692. The summed E-state index contributed by atoms with van der Waals surface area (Å²) < 4.78 is 28.9. The number of fused-ring (bicyclic) bond motifs is 1. The number of hydrogen-bond donors (Lipinski definition) is 2. The Hall–Kier alpha value is -2.28. The van der Waals surface area contributed by atoms with Crippen LogP contribution in [0.15, 0.2) is 35.1 Å². The van der Waals surface area contributed by atoms with Crippen molar-refractivity contribution in [2.24, 2.45) is 0 Å². The Bertz CT molecular complexity index is 892. The van der Waals surface area contributed by atoms with Gasteiger partial charge in [0, 0.05) is 34.9 Å². The minimum Gasteiger partial charge on any atom is -0.386 e. The van der Waals surface area contributed by atoms with E-state index in [1.54, 1.807) is 12.3 Å². The van der Waals surface area contributed by atoms with Crippen LogP contribution >= 0.6 is 15.9 Å². The fourth-order valence-corrected chi connectivity index (χ4v) is 2.59. The van der Waals surface area contributed by atoms with E-state index in [-0.39, 0.29) is 11.3 Å². The van der Waals surface area contributed by atoms with Gasteiger partial charge in [-0.2, -0.15) is 0 Å². The largest absolute Gasteiger partial charge is 0.386 e. The van der Waals surface area contributed by atoms with Crippen LogP contribution in [0.5, 0.6) is 0 Å². The summed E-state index contributed by atoms with van der Waals surface area (Å²) in [5.41, 5.74) is 0.101. The van der Waals surface area contributed by atoms with Crippen LogP contribution in [0.3, 0.4) is 0 Å². The van der Waals surface area contributed by atoms with Crippen molar-refractivity contribution < 1.29 is 13.6 Å². The molecule has 4 nitrogen and oxygen atoms in total. The first-order chi connectivity index (χ1) is 10.5. The number of carbonyl (C=O) groups is 1. The second kappa shape index (κ2) is 5.49. The smallest absolute Gasteiger partial charge is 0.201 e. The molecule has 0 radical (unpaired) electrons. The predicted molar refractivity (Wildman–Crippen MR) is 83.1 cm³/mol. The van der Waals surface area contributed by atoms with E-state index in [4.69, 9.17) is 0 Å². The van der Waals surface area contributed by atoms with E-state index in [0.29, 0.717) is 15.5 Å². The molecule has 2 aromatic heterocycles. The summed E-state index contributed by atoms with van der Waals surface area (Å²) in [6.45, 7) is 0. The third kappa shape index (κ3) is 2.27. The fraction of sp³-hybridized carbons (Fsp3) is 0.0667. The number of pyridine rings is 1. The second-order valence-corrected chi connectivity index (χ2v) is 5.53. The number of aromatic amines is 1. The Kier molecular flexibility index (Phi) is 3.66. The lowest BCUT2D eigenvalue weighted by atomic mass is 10.0. The standard InChI is InChI=1S/C15H10BrF2N3O/c1-19-11-3-2-10(17)12(13(11)18)14(22)9-6-21-15-8(9)4-7(16)5-20-15/h2-6,19H,1H3,(H,20,21). The molecule has 0 amide bonds. The molecule has 0 aliphatic rings. The van der Waals surface area contributed by atoms with Crippen LogP contribution in [-0.4, -0.2) is 22.8 Å². The number of carbonyl (C=O) groups excluding carboxylic acids is 1. The molecule has 0 aliphatic heterocycles. The van der Waals surface area contributed by atoms with E-state index in [1.807, 2.05) is 0 Å². The molecule has 22 heavy (non-hydrogen) atoms. The topological polar surface area (TPSA) is 57.8 Å². The number of ketones is 1. The first-order valence-corrected chi connectivity index (χ1v) is 7.15. The van der Waals surface area contributed by atoms with Gasteiger partial charge >= 0.3 is 0 Å². The van der Waals surface area contributed by atoms with Gasteiger partial charge in [-0.25, -0.2) is 13.8 Å². The Morgan fingerprint density at radius 2 is 2.14 bits per heavy atom. The van der Waals surface area contributed by atoms with Crippen molar-refractivity contribution in [3.63, 3.8) is 0 Å². The van der Waals surface area contributed by atoms with Crippen LogP contribution in [0.25, 0.3) is 11.0 Å². The summed E-state index contributed by atoms with van der Waals surface area (Å²) in [6, 6.07) is 3.98. The van der Waals surface area contributed by atoms with Crippen molar-refractivity contribution in [1.29, 1.82) is 0 Å². The van der Waals surface area contributed by atoms with Gasteiger partial charge in [0.25, 0.3) is 0 Å². The Balaban J connectivity index is 2.20. The highest BCUT2D eigenvalue weighted by molar-refractivity contribution is 9.10. The molecule has 3 rings (SSSR count). The summed E-state index contributed by atoms with van der Waals surface area (Å²) in [6.07, 6.45) is 2.97. The normalized spacial score (nSPS) is 10.9. The number of H-pyrrole nitrogens is 1. The van der Waals surface area contributed by atoms with Crippen molar-refractivity contribution >= 4 is 38.4 Å². The molecule has 0 saturated heterocycles. The third-order valence-electron chi connectivity index (χ3n) is 3.33. The molecule has 112 valence electrons. The number of aromatic nitrogens is 2. The summed E-state index contributed by atoms with van der Waals surface area (Å²) in [5, 5.41) is 3.08. The van der Waals surface area contributed by atoms with Gasteiger partial charge in [0.05, 0.1) is 11.3 Å². The molecule has 0 unspecified atom stereocenters. The molecule has 0 atom stereocenters. The number of benzene rings is 1. The first kappa shape index (κ1) is 14.6. The van der Waals surface area contributed by atoms with Crippen molar-refractivity contribution in [2.75, 3.05) is 12.4 Å². The van der Waals surface area contributed by atoms with E-state index in [0.717, 1.165) is 6.07 Å². The van der Waals surface area contributed by atoms with Gasteiger partial charge in [0.15, 0.2) is 5.82 Å². The lowest BCUT2D eigenvalue weighted by Gasteiger charge is -2.08. The van der Waals surface area contributed by atoms with E-state index in [2.05, 4.69) is 31.2 Å². The Morgan fingerprint density at radius 1 is 1.36 bits per heavy atom. The maximum Gasteiger partial charge on any atom is 0.201 e. The van der Waals surface area contributed by atoms with Crippen LogP contribution < -0.4 is 5.32 Å². The van der Waals surface area contributed by atoms with E-state index < -0.39 is 23.0 Å². The fourth-order valence-electron chi connectivity index (χ4n) is 2.25. The summed E-state index contributed by atoms with van der Waals surface area (Å²) >= 11 is 3.26. The predicted octanol–water partition coefficient (Wildman–Crippen LogP) is 3.88. The average molecular weight is 366 g/mol. The number of anilines is 1. The van der Waals surface area contributed by atoms with E-state index in [9.17, 15) is 13.6 Å². The van der Waals surface area contributed by atoms with E-state index >= 15 is 0 Å². The molecule has 0 spiro atoms. The zero-order valence-electron chi connectivity index (χ0n) is 11.4. The molecule has 3 aromatic rings. The maximum atomic E-state index is 14.3. The molecular formula is C15H10BrF2N3O. The molecule has 1 aromatic carbocycles. The first-order valence-electron chi connectivity index (χ1n) is 6.36. The minimum atomic E-state index is -0.912. The summed E-state index contributed by atoms with van der Waals surface area (Å²) in [7, 11) is 1.50. The van der Waals surface area contributed by atoms with Gasteiger partial charge in [0.1, 0.15) is 11.5 Å². The van der Waals surface area contributed by atoms with Gasteiger partial charge in [-0.05, 0) is 34.1 Å². The molecule has 0 aliphatic carbocycles. The number of nitrogens with zero attached hydrogens (tertiary/aromatic N) is 1. The lowest BCUT2D eigenvalue weighted by Crippen LogP contribution is -2.09. The van der Waals surface area contributed by atoms with Gasteiger partial charge in [-0.1, -0.05) is 0 Å². The molecule has 2 N–H and O–H groups in total. The minimum absolute atomic E-state index is 0.0592. The van der Waals surface area contributed by atoms with Crippen molar-refractivity contribution in [3.8, 4) is 0 Å². The molecule has 2 heterocycles. The molecule has 0 saturated carbocycles. The molecule has 7 heteroatoms. The highest BCUT2D eigenvalue weighted by atomic mass is 79.9.